The number of nitrogens with zero attached hydrogens (tertiary/aromatic N) is 2. The molecule has 8 nitrogen and oxygen atoms in total. The van der Waals surface area contributed by atoms with Gasteiger partial charge >= 0.3 is 21.8 Å². The van der Waals surface area contributed by atoms with E-state index < -0.39 is 43.9 Å². The van der Waals surface area contributed by atoms with Crippen molar-refractivity contribution in [1.82, 2.24) is 0 Å². The predicted octanol–water partition coefficient (Wildman–Crippen LogP) is 3.72. The molecule has 2 aromatic rings. The Kier molecular flexibility index (Phi) is 6.69. The first-order chi connectivity index (χ1) is 13.5. The van der Waals surface area contributed by atoms with Gasteiger partial charge in [0.15, 0.2) is 0 Å². The normalized spacial score (nSPS) is 13.6. The Hall–Kier alpha value is -2.86. The van der Waals surface area contributed by atoms with Crippen molar-refractivity contribution in [2.75, 3.05) is 7.11 Å². The lowest BCUT2D eigenvalue weighted by molar-refractivity contribution is -0.534. The molecule has 1 atom stereocenters. The predicted molar refractivity (Wildman–Crippen MR) is 96.8 cm³/mol. The number of alkyl halides is 3. The Morgan fingerprint density at radius 2 is 1.83 bits per heavy atom. The SMILES string of the molecule is CO/C(=N\S(=O)(=O)C(Oc1ccc(Cl)cc1C(F)(F)F)[N+](=O)[O-])c1ccccc1. The molecule has 13 heteroatoms. The second-order valence-electron chi connectivity index (χ2n) is 5.33. The van der Waals surface area contributed by atoms with Gasteiger partial charge in [-0.15, -0.1) is 4.40 Å². The van der Waals surface area contributed by atoms with Crippen molar-refractivity contribution < 1.29 is 36.0 Å². The van der Waals surface area contributed by atoms with Gasteiger partial charge in [0, 0.05) is 10.6 Å². The number of methoxy groups -OCH3 is 1. The third kappa shape index (κ3) is 5.57. The molecule has 0 aliphatic carbocycles. The molecule has 156 valence electrons. The molecule has 0 aliphatic rings. The van der Waals surface area contributed by atoms with Gasteiger partial charge < -0.3 is 9.47 Å². The Morgan fingerprint density at radius 3 is 2.34 bits per heavy atom. The van der Waals surface area contributed by atoms with Crippen LogP contribution in [-0.2, 0) is 20.9 Å². The summed E-state index contributed by atoms with van der Waals surface area (Å²) in [6.07, 6.45) is -5.00. The van der Waals surface area contributed by atoms with Crippen molar-refractivity contribution in [3.63, 3.8) is 0 Å². The maximum atomic E-state index is 13.2. The number of halogens is 4. The van der Waals surface area contributed by atoms with Crippen molar-refractivity contribution in [2.24, 2.45) is 4.40 Å². The maximum Gasteiger partial charge on any atom is 0.476 e. The zero-order valence-corrected chi connectivity index (χ0v) is 16.0. The number of sulfonamides is 1. The second kappa shape index (κ2) is 8.66. The second-order valence-corrected chi connectivity index (χ2v) is 7.38. The van der Waals surface area contributed by atoms with Crippen LogP contribution >= 0.6 is 11.6 Å². The molecule has 0 N–H and O–H groups in total. The van der Waals surface area contributed by atoms with Crippen LogP contribution in [0.1, 0.15) is 11.1 Å². The lowest BCUT2D eigenvalue weighted by atomic mass is 10.2. The van der Waals surface area contributed by atoms with Crippen molar-refractivity contribution >= 4 is 27.5 Å². The number of hydrogen-bond donors (Lipinski definition) is 0. The molecule has 0 aromatic heterocycles. The number of ether oxygens (including phenoxy) is 2. The van der Waals surface area contributed by atoms with E-state index in [0.717, 1.165) is 13.2 Å². The largest absolute Gasteiger partial charge is 0.480 e. The highest BCUT2D eigenvalue weighted by molar-refractivity contribution is 7.90. The molecular weight excluding hydrogens is 441 g/mol. The van der Waals surface area contributed by atoms with Crippen LogP contribution in [-0.4, -0.2) is 31.9 Å². The van der Waals surface area contributed by atoms with Crippen LogP contribution in [0.25, 0.3) is 0 Å². The van der Waals surface area contributed by atoms with Gasteiger partial charge in [-0.3, -0.25) is 10.1 Å². The Labute approximate surface area is 167 Å². The molecule has 0 bridgehead atoms. The highest BCUT2D eigenvalue weighted by atomic mass is 35.5. The highest BCUT2D eigenvalue weighted by Gasteiger charge is 2.43. The zero-order chi connectivity index (χ0) is 21.8. The van der Waals surface area contributed by atoms with Gasteiger partial charge in [-0.2, -0.15) is 21.6 Å². The smallest absolute Gasteiger partial charge is 0.476 e. The number of rotatable bonds is 6. The first kappa shape index (κ1) is 22.4. The topological polar surface area (TPSA) is 108 Å². The summed E-state index contributed by atoms with van der Waals surface area (Å²) < 4.78 is 76.9. The first-order valence-electron chi connectivity index (χ1n) is 7.56. The van der Waals surface area contributed by atoms with E-state index in [2.05, 4.69) is 9.13 Å². The fraction of sp³-hybridized carbons (Fsp3) is 0.188. The van der Waals surface area contributed by atoms with Crippen LogP contribution in [0.3, 0.4) is 0 Å². The summed E-state index contributed by atoms with van der Waals surface area (Å²) in [6.45, 7) is 0. The van der Waals surface area contributed by atoms with E-state index in [1.165, 1.54) is 24.3 Å². The van der Waals surface area contributed by atoms with Crippen LogP contribution in [0.15, 0.2) is 52.9 Å². The van der Waals surface area contributed by atoms with Gasteiger partial charge in [-0.1, -0.05) is 29.8 Å². The summed E-state index contributed by atoms with van der Waals surface area (Å²) in [5.41, 5.74) is -4.27. The summed E-state index contributed by atoms with van der Waals surface area (Å²) >= 11 is 5.52. The van der Waals surface area contributed by atoms with Gasteiger partial charge in [-0.05, 0) is 30.3 Å². The van der Waals surface area contributed by atoms with Gasteiger partial charge in [0.25, 0.3) is 0 Å². The Bertz CT molecular complexity index is 1030. The van der Waals surface area contributed by atoms with Gasteiger partial charge in [0.1, 0.15) is 5.75 Å². The van der Waals surface area contributed by atoms with Crippen LogP contribution in [0, 0.1) is 10.1 Å². The lowest BCUT2D eigenvalue weighted by Crippen LogP contribution is -2.35. The van der Waals surface area contributed by atoms with Crippen LogP contribution < -0.4 is 4.74 Å². The molecule has 0 amide bonds. The standard InChI is InChI=1S/C16H12ClF3N2O6S/c1-27-14(10-5-3-2-4-6-10)21-29(25,26)15(22(23)24)28-13-8-7-11(17)9-12(13)16(18,19)20/h2-9,15H,1H3/b21-14-. The fourth-order valence-electron chi connectivity index (χ4n) is 2.10. The van der Waals surface area contributed by atoms with Crippen LogP contribution in [0.4, 0.5) is 13.2 Å². The minimum absolute atomic E-state index is 0.170. The van der Waals surface area contributed by atoms with Crippen molar-refractivity contribution in [2.45, 2.75) is 11.7 Å². The molecule has 0 spiro atoms. The van der Waals surface area contributed by atoms with E-state index in [1.807, 2.05) is 0 Å². The summed E-state index contributed by atoms with van der Waals surface area (Å²) in [4.78, 5) is 9.84. The quantitative estimate of drug-likeness (QED) is 0.217. The van der Waals surface area contributed by atoms with E-state index in [1.54, 1.807) is 6.07 Å². The molecular formula is C16H12ClF3N2O6S. The number of benzene rings is 2. The fourth-order valence-corrected chi connectivity index (χ4v) is 3.21. The summed E-state index contributed by atoms with van der Waals surface area (Å²) in [5, 5.41) is 10.9. The van der Waals surface area contributed by atoms with E-state index in [0.29, 0.717) is 12.1 Å². The Balaban J connectivity index is 2.50. The lowest BCUT2D eigenvalue weighted by Gasteiger charge is -2.16. The molecule has 1 unspecified atom stereocenters. The number of hydrogen-bond acceptors (Lipinski definition) is 6. The van der Waals surface area contributed by atoms with Gasteiger partial charge in [0.05, 0.1) is 17.6 Å². The van der Waals surface area contributed by atoms with Gasteiger partial charge in [-0.25, -0.2) is 0 Å². The zero-order valence-electron chi connectivity index (χ0n) is 14.5. The van der Waals surface area contributed by atoms with Crippen LogP contribution in [0.5, 0.6) is 5.75 Å². The molecule has 2 rings (SSSR count). The average Bonchev–Trinajstić information content (AvgIpc) is 2.64. The van der Waals surface area contributed by atoms with E-state index in [-0.39, 0.29) is 10.6 Å². The minimum atomic E-state index is -5.11. The number of nitro groups is 1. The monoisotopic (exact) mass is 452 g/mol. The minimum Gasteiger partial charge on any atom is -0.480 e. The third-order valence-electron chi connectivity index (χ3n) is 3.33. The molecule has 0 fully saturated rings. The van der Waals surface area contributed by atoms with E-state index >= 15 is 0 Å². The summed E-state index contributed by atoms with van der Waals surface area (Å²) in [5.74, 6) is -1.60. The van der Waals surface area contributed by atoms with Gasteiger partial charge in [0.2, 0.25) is 5.90 Å². The van der Waals surface area contributed by atoms with E-state index in [9.17, 15) is 31.7 Å². The molecule has 0 saturated carbocycles. The molecule has 0 heterocycles. The third-order valence-corrected chi connectivity index (χ3v) is 4.76. The Morgan fingerprint density at radius 1 is 1.21 bits per heavy atom. The van der Waals surface area contributed by atoms with Crippen LogP contribution in [0.2, 0.25) is 5.02 Å². The average molecular weight is 453 g/mol. The van der Waals surface area contributed by atoms with E-state index in [4.69, 9.17) is 16.3 Å². The first-order valence-corrected chi connectivity index (χ1v) is 9.44. The molecule has 0 saturated heterocycles. The van der Waals surface area contributed by atoms with Crippen molar-refractivity contribution in [3.8, 4) is 5.75 Å². The summed E-state index contributed by atoms with van der Waals surface area (Å²) in [7, 11) is -4.04. The van der Waals surface area contributed by atoms with Crippen molar-refractivity contribution in [3.05, 3.63) is 74.8 Å². The molecule has 0 radical (unpaired) electrons. The maximum absolute atomic E-state index is 13.2. The molecule has 29 heavy (non-hydrogen) atoms. The molecule has 2 aromatic carbocycles. The molecule has 0 aliphatic heterocycles. The van der Waals surface area contributed by atoms with Crippen molar-refractivity contribution in [1.29, 1.82) is 0 Å². The highest BCUT2D eigenvalue weighted by Crippen LogP contribution is 2.38. The summed E-state index contributed by atoms with van der Waals surface area (Å²) in [6, 6.07) is 9.60.